The number of benzene rings is 4. The Kier molecular flexibility index (Phi) is 6.48. The number of piperidine rings is 1. The SMILES string of the molecule is O=C(O[C@@H]1CC2(N3CCCCC3)C[C@@H](c3ccccc3)C1[C@H](c1ccccc1)C2)c1ccc2ccccc2c1. The third kappa shape index (κ3) is 4.57. The van der Waals surface area contributed by atoms with E-state index in [0.717, 1.165) is 43.1 Å². The fourth-order valence-electron chi connectivity index (χ4n) is 8.13. The molecule has 4 aromatic carbocycles. The van der Waals surface area contributed by atoms with Crippen molar-refractivity contribution in [2.45, 2.75) is 62.0 Å². The summed E-state index contributed by atoms with van der Waals surface area (Å²) in [5.74, 6) is 0.780. The van der Waals surface area contributed by atoms with Crippen molar-refractivity contribution in [2.75, 3.05) is 13.1 Å². The van der Waals surface area contributed by atoms with Crippen LogP contribution in [0.1, 0.15) is 71.8 Å². The number of carbonyl (C=O) groups is 1. The van der Waals surface area contributed by atoms with E-state index in [9.17, 15) is 4.79 Å². The number of hydrogen-bond donors (Lipinski definition) is 0. The molecule has 3 aliphatic carbocycles. The Balaban J connectivity index is 1.29. The Morgan fingerprint density at radius 2 is 1.26 bits per heavy atom. The highest BCUT2D eigenvalue weighted by atomic mass is 16.5. The van der Waals surface area contributed by atoms with Crippen LogP contribution in [0.15, 0.2) is 103 Å². The van der Waals surface area contributed by atoms with Crippen LogP contribution in [0.5, 0.6) is 0 Å². The molecule has 3 atom stereocenters. The van der Waals surface area contributed by atoms with E-state index >= 15 is 0 Å². The van der Waals surface area contributed by atoms with Gasteiger partial charge < -0.3 is 4.74 Å². The Bertz CT molecular complexity index is 1390. The average molecular weight is 516 g/mol. The molecular formula is C36H37NO2. The van der Waals surface area contributed by atoms with E-state index in [1.54, 1.807) is 0 Å². The summed E-state index contributed by atoms with van der Waals surface area (Å²) in [6, 6.07) is 36.2. The molecule has 3 saturated carbocycles. The van der Waals surface area contributed by atoms with Gasteiger partial charge in [0.15, 0.2) is 0 Å². The van der Waals surface area contributed by atoms with Gasteiger partial charge >= 0.3 is 5.97 Å². The van der Waals surface area contributed by atoms with Gasteiger partial charge in [0.25, 0.3) is 0 Å². The molecule has 198 valence electrons. The molecular weight excluding hydrogens is 478 g/mol. The first-order valence-electron chi connectivity index (χ1n) is 14.7. The zero-order chi connectivity index (χ0) is 26.2. The lowest BCUT2D eigenvalue weighted by Crippen LogP contribution is -2.64. The van der Waals surface area contributed by atoms with Crippen molar-refractivity contribution in [2.24, 2.45) is 5.92 Å². The van der Waals surface area contributed by atoms with Crippen LogP contribution < -0.4 is 0 Å². The summed E-state index contributed by atoms with van der Waals surface area (Å²) in [6.07, 6.45) is 6.95. The second kappa shape index (κ2) is 10.3. The molecule has 8 rings (SSSR count). The fourth-order valence-corrected chi connectivity index (χ4v) is 8.13. The fraction of sp³-hybridized carbons (Fsp3) is 0.361. The van der Waals surface area contributed by atoms with Crippen molar-refractivity contribution < 1.29 is 9.53 Å². The van der Waals surface area contributed by atoms with E-state index in [-0.39, 0.29) is 23.5 Å². The van der Waals surface area contributed by atoms with E-state index in [1.165, 1.54) is 30.4 Å². The van der Waals surface area contributed by atoms with Gasteiger partial charge in [0.05, 0.1) is 5.56 Å². The molecule has 4 aromatic rings. The highest BCUT2D eigenvalue weighted by Crippen LogP contribution is 2.60. The smallest absolute Gasteiger partial charge is 0.338 e. The van der Waals surface area contributed by atoms with E-state index < -0.39 is 0 Å². The van der Waals surface area contributed by atoms with Crippen LogP contribution in [-0.2, 0) is 4.74 Å². The van der Waals surface area contributed by atoms with E-state index in [0.29, 0.717) is 17.4 Å². The molecule has 0 radical (unpaired) electrons. The van der Waals surface area contributed by atoms with Crippen LogP contribution in [0.3, 0.4) is 0 Å². The maximum Gasteiger partial charge on any atom is 0.338 e. The van der Waals surface area contributed by atoms with Crippen LogP contribution in [-0.4, -0.2) is 35.6 Å². The number of carbonyl (C=O) groups excluding carboxylic acids is 1. The van der Waals surface area contributed by atoms with Crippen LogP contribution in [0.25, 0.3) is 10.8 Å². The summed E-state index contributed by atoms with van der Waals surface area (Å²) in [5, 5.41) is 2.22. The van der Waals surface area contributed by atoms with Gasteiger partial charge in [-0.1, -0.05) is 97.4 Å². The Morgan fingerprint density at radius 3 is 1.90 bits per heavy atom. The van der Waals surface area contributed by atoms with Crippen LogP contribution in [0, 0.1) is 5.92 Å². The summed E-state index contributed by atoms with van der Waals surface area (Å²) in [5.41, 5.74) is 3.46. The summed E-state index contributed by atoms with van der Waals surface area (Å²) in [4.78, 5) is 16.6. The summed E-state index contributed by atoms with van der Waals surface area (Å²) in [7, 11) is 0. The zero-order valence-electron chi connectivity index (χ0n) is 22.5. The second-order valence-corrected chi connectivity index (χ2v) is 12.0. The molecule has 39 heavy (non-hydrogen) atoms. The van der Waals surface area contributed by atoms with Crippen LogP contribution >= 0.6 is 0 Å². The van der Waals surface area contributed by atoms with Crippen molar-refractivity contribution in [3.63, 3.8) is 0 Å². The lowest BCUT2D eigenvalue weighted by molar-refractivity contribution is -0.115. The number of rotatable bonds is 5. The van der Waals surface area contributed by atoms with E-state index in [2.05, 4.69) is 77.7 Å². The zero-order valence-corrected chi connectivity index (χ0v) is 22.5. The monoisotopic (exact) mass is 515 g/mol. The van der Waals surface area contributed by atoms with Crippen molar-refractivity contribution in [3.8, 4) is 0 Å². The van der Waals surface area contributed by atoms with Gasteiger partial charge in [-0.2, -0.15) is 0 Å². The number of esters is 1. The number of hydrogen-bond acceptors (Lipinski definition) is 3. The van der Waals surface area contributed by atoms with Gasteiger partial charge in [-0.15, -0.1) is 0 Å². The Hall–Kier alpha value is -3.43. The molecule has 0 aromatic heterocycles. The molecule has 0 N–H and O–H groups in total. The predicted octanol–water partition coefficient (Wildman–Crippen LogP) is 7.97. The van der Waals surface area contributed by atoms with Crippen molar-refractivity contribution in [1.82, 2.24) is 4.90 Å². The Morgan fingerprint density at radius 1 is 0.667 bits per heavy atom. The molecule has 2 bridgehead atoms. The van der Waals surface area contributed by atoms with Gasteiger partial charge in [-0.05, 0) is 84.6 Å². The van der Waals surface area contributed by atoms with Gasteiger partial charge in [0.2, 0.25) is 0 Å². The normalized spacial score (nSPS) is 28.8. The first kappa shape index (κ1) is 24.6. The summed E-state index contributed by atoms with van der Waals surface area (Å²) >= 11 is 0. The lowest BCUT2D eigenvalue weighted by Gasteiger charge is -2.62. The minimum absolute atomic E-state index is 0.0461. The molecule has 1 heterocycles. The Labute approximate surface area is 231 Å². The highest BCUT2D eigenvalue weighted by molar-refractivity contribution is 5.95. The van der Waals surface area contributed by atoms with Crippen molar-refractivity contribution >= 4 is 16.7 Å². The van der Waals surface area contributed by atoms with E-state index in [4.69, 9.17) is 4.74 Å². The van der Waals surface area contributed by atoms with Gasteiger partial charge in [-0.25, -0.2) is 4.79 Å². The predicted molar refractivity (Wildman–Crippen MR) is 157 cm³/mol. The lowest BCUT2D eigenvalue weighted by atomic mass is 9.51. The molecule has 3 nitrogen and oxygen atoms in total. The van der Waals surface area contributed by atoms with Gasteiger partial charge in [0.1, 0.15) is 6.10 Å². The first-order valence-corrected chi connectivity index (χ1v) is 14.7. The number of fused-ring (bicyclic) bond motifs is 4. The maximum atomic E-state index is 13.8. The van der Waals surface area contributed by atoms with Gasteiger partial charge in [0, 0.05) is 17.9 Å². The minimum Gasteiger partial charge on any atom is -0.458 e. The molecule has 3 heteroatoms. The summed E-state index contributed by atoms with van der Waals surface area (Å²) in [6.45, 7) is 2.30. The first-order chi connectivity index (χ1) is 19.2. The van der Waals surface area contributed by atoms with Crippen molar-refractivity contribution in [1.29, 1.82) is 0 Å². The van der Waals surface area contributed by atoms with Crippen LogP contribution in [0.2, 0.25) is 0 Å². The average Bonchev–Trinajstić information content (AvgIpc) is 3.02. The minimum atomic E-state index is -0.189. The molecule has 1 saturated heterocycles. The highest BCUT2D eigenvalue weighted by Gasteiger charge is 2.59. The largest absolute Gasteiger partial charge is 0.458 e. The third-order valence-electron chi connectivity index (χ3n) is 9.87. The summed E-state index contributed by atoms with van der Waals surface area (Å²) < 4.78 is 6.61. The number of ether oxygens (including phenoxy) is 1. The van der Waals surface area contributed by atoms with Crippen molar-refractivity contribution in [3.05, 3.63) is 120 Å². The number of nitrogens with zero attached hydrogens (tertiary/aromatic N) is 1. The molecule has 4 fully saturated rings. The standard InChI is InChI=1S/C36H37NO2/c38-35(30-19-18-26-12-8-9-17-29(26)22-30)39-33-25-36(37-20-10-3-11-21-37)23-31(27-13-4-1-5-14-27)34(33)32(24-36)28-15-6-2-7-16-28/h1-2,4-9,12-19,22,31-34H,3,10-11,20-21,23-25H2/t31-,32-,33+,34?,36?/m0/s1. The van der Waals surface area contributed by atoms with Gasteiger partial charge in [-0.3, -0.25) is 4.90 Å². The molecule has 4 aliphatic rings. The molecule has 0 spiro atoms. The quantitative estimate of drug-likeness (QED) is 0.252. The second-order valence-electron chi connectivity index (χ2n) is 12.0. The topological polar surface area (TPSA) is 29.5 Å². The molecule has 0 unspecified atom stereocenters. The van der Waals surface area contributed by atoms with E-state index in [1.807, 2.05) is 30.3 Å². The number of likely N-dealkylation sites (tertiary alicyclic amines) is 1. The molecule has 1 aliphatic heterocycles. The molecule has 0 amide bonds. The van der Waals surface area contributed by atoms with Crippen LogP contribution in [0.4, 0.5) is 0 Å². The third-order valence-corrected chi connectivity index (χ3v) is 9.87. The maximum absolute atomic E-state index is 13.8.